The van der Waals surface area contributed by atoms with Gasteiger partial charge >= 0.3 is 0 Å². The number of aryl methyl sites for hydroxylation is 1. The fraction of sp³-hybridized carbons (Fsp3) is 0.222. The van der Waals surface area contributed by atoms with Crippen LogP contribution in [0.2, 0.25) is 0 Å². The molecule has 0 unspecified atom stereocenters. The Kier molecular flexibility index (Phi) is 6.64. The van der Waals surface area contributed by atoms with Gasteiger partial charge in [0.25, 0.3) is 11.2 Å². The van der Waals surface area contributed by atoms with Crippen LogP contribution >= 0.6 is 0 Å². The number of hydrogen-bond acceptors (Lipinski definition) is 8. The Morgan fingerprint density at radius 3 is 2.45 bits per heavy atom. The largest absolute Gasteiger partial charge is 0.303 e. The first kappa shape index (κ1) is 24.7. The molecule has 38 heavy (non-hydrogen) atoms. The molecule has 1 aliphatic rings. The maximum absolute atomic E-state index is 12.3. The van der Waals surface area contributed by atoms with Crippen molar-refractivity contribution in [1.29, 1.82) is 5.26 Å². The average molecular weight is 509 g/mol. The fourth-order valence-electron chi connectivity index (χ4n) is 4.50. The molecule has 0 aliphatic carbocycles. The standard InChI is InChI=1S/C27H24N8O3/c1-18-14-26(36)29-27-24(17-28)23(20-4-3-5-22(15-20)35(37)38)16-25(34(18)27)19-6-8-21(9-7-19)30-31-33-12-10-32(2)11-13-33/h3-9,14-16H,10-13H2,1-2H3. The molecular weight excluding hydrogens is 484 g/mol. The van der Waals surface area contributed by atoms with Crippen LogP contribution in [0.3, 0.4) is 0 Å². The van der Waals surface area contributed by atoms with E-state index in [9.17, 15) is 20.2 Å². The van der Waals surface area contributed by atoms with Gasteiger partial charge < -0.3 is 4.90 Å². The normalized spacial score (nSPS) is 14.2. The van der Waals surface area contributed by atoms with Crippen molar-refractivity contribution in [2.45, 2.75) is 6.92 Å². The highest BCUT2D eigenvalue weighted by molar-refractivity contribution is 5.83. The van der Waals surface area contributed by atoms with Crippen LogP contribution in [0, 0.1) is 28.4 Å². The van der Waals surface area contributed by atoms with Gasteiger partial charge in [0, 0.05) is 42.5 Å². The van der Waals surface area contributed by atoms with E-state index in [2.05, 4.69) is 33.3 Å². The molecule has 11 heteroatoms. The van der Waals surface area contributed by atoms with Crippen molar-refractivity contribution >= 4 is 17.0 Å². The van der Waals surface area contributed by atoms with Gasteiger partial charge in [-0.05, 0) is 43.3 Å². The van der Waals surface area contributed by atoms with Crippen molar-refractivity contribution < 1.29 is 4.92 Å². The van der Waals surface area contributed by atoms with Gasteiger partial charge in [-0.3, -0.25) is 24.3 Å². The first-order chi connectivity index (χ1) is 18.3. The molecule has 4 aromatic rings. The minimum Gasteiger partial charge on any atom is -0.303 e. The van der Waals surface area contributed by atoms with E-state index >= 15 is 0 Å². The third-order valence-electron chi connectivity index (χ3n) is 6.54. The van der Waals surface area contributed by atoms with Crippen LogP contribution in [0.1, 0.15) is 11.3 Å². The Morgan fingerprint density at radius 2 is 1.76 bits per heavy atom. The van der Waals surface area contributed by atoms with Crippen LogP contribution in [-0.2, 0) is 0 Å². The highest BCUT2D eigenvalue weighted by Gasteiger charge is 2.19. The molecular formula is C27H24N8O3. The smallest absolute Gasteiger partial charge is 0.273 e. The monoisotopic (exact) mass is 508 g/mol. The lowest BCUT2D eigenvalue weighted by atomic mass is 9.97. The van der Waals surface area contributed by atoms with E-state index in [1.54, 1.807) is 29.5 Å². The zero-order valence-corrected chi connectivity index (χ0v) is 20.9. The second-order valence-corrected chi connectivity index (χ2v) is 9.13. The number of piperazine rings is 1. The van der Waals surface area contributed by atoms with Crippen molar-refractivity contribution in [1.82, 2.24) is 19.3 Å². The molecule has 0 N–H and O–H groups in total. The lowest BCUT2D eigenvalue weighted by Crippen LogP contribution is -2.41. The van der Waals surface area contributed by atoms with Gasteiger partial charge in [0.2, 0.25) is 0 Å². The number of nitriles is 1. The molecule has 0 bridgehead atoms. The summed E-state index contributed by atoms with van der Waals surface area (Å²) < 4.78 is 1.75. The first-order valence-corrected chi connectivity index (χ1v) is 12.0. The van der Waals surface area contributed by atoms with Crippen LogP contribution in [-0.4, -0.2) is 57.4 Å². The average Bonchev–Trinajstić information content (AvgIpc) is 2.92. The SMILES string of the molecule is Cc1cc(=O)nc2c(C#N)c(-c3cccc([N+](=O)[O-])c3)cc(-c3ccc(N=NN4CCN(C)CC4)cc3)n12. The minimum atomic E-state index is -0.486. The predicted octanol–water partition coefficient (Wildman–Crippen LogP) is 4.36. The number of hydrogen-bond donors (Lipinski definition) is 0. The summed E-state index contributed by atoms with van der Waals surface area (Å²) in [6.45, 7) is 5.28. The number of rotatable bonds is 5. The molecule has 0 spiro atoms. The zero-order valence-electron chi connectivity index (χ0n) is 20.9. The van der Waals surface area contributed by atoms with Gasteiger partial charge in [-0.15, -0.1) is 5.11 Å². The number of nitro benzene ring substituents is 1. The van der Waals surface area contributed by atoms with E-state index in [-0.39, 0.29) is 16.9 Å². The summed E-state index contributed by atoms with van der Waals surface area (Å²) in [6.07, 6.45) is 0. The molecule has 1 saturated heterocycles. The van der Waals surface area contributed by atoms with E-state index in [1.807, 2.05) is 29.3 Å². The minimum absolute atomic E-state index is 0.0996. The number of benzene rings is 2. The maximum atomic E-state index is 12.3. The Balaban J connectivity index is 1.62. The van der Waals surface area contributed by atoms with E-state index in [0.29, 0.717) is 28.2 Å². The summed E-state index contributed by atoms with van der Waals surface area (Å²) in [5.41, 5.74) is 3.46. The van der Waals surface area contributed by atoms with E-state index < -0.39 is 10.5 Å². The van der Waals surface area contributed by atoms with Crippen LogP contribution in [0.25, 0.3) is 28.0 Å². The topological polar surface area (TPSA) is 132 Å². The third-order valence-corrected chi connectivity index (χ3v) is 6.54. The van der Waals surface area contributed by atoms with Crippen molar-refractivity contribution in [3.05, 3.63) is 92.4 Å². The molecule has 1 fully saturated rings. The summed E-state index contributed by atoms with van der Waals surface area (Å²) in [4.78, 5) is 29.6. The number of aromatic nitrogens is 2. The van der Waals surface area contributed by atoms with Gasteiger partial charge in [-0.25, -0.2) is 0 Å². The summed E-state index contributed by atoms with van der Waals surface area (Å²) in [5.74, 6) is 0. The Bertz CT molecular complexity index is 1660. The molecule has 0 radical (unpaired) electrons. The molecule has 11 nitrogen and oxygen atoms in total. The van der Waals surface area contributed by atoms with E-state index in [0.717, 1.165) is 31.7 Å². The van der Waals surface area contributed by atoms with Gasteiger partial charge in [-0.1, -0.05) is 29.5 Å². The quantitative estimate of drug-likeness (QED) is 0.222. The second-order valence-electron chi connectivity index (χ2n) is 9.13. The highest BCUT2D eigenvalue weighted by Crippen LogP contribution is 2.34. The zero-order chi connectivity index (χ0) is 26.8. The van der Waals surface area contributed by atoms with Crippen molar-refractivity contribution in [3.63, 3.8) is 0 Å². The van der Waals surface area contributed by atoms with Crippen LogP contribution in [0.5, 0.6) is 0 Å². The lowest BCUT2D eigenvalue weighted by molar-refractivity contribution is -0.384. The molecule has 1 aliphatic heterocycles. The van der Waals surface area contributed by atoms with Crippen LogP contribution in [0.15, 0.2) is 75.8 Å². The lowest BCUT2D eigenvalue weighted by Gasteiger charge is -2.29. The van der Waals surface area contributed by atoms with Gasteiger partial charge in [0.15, 0.2) is 5.65 Å². The highest BCUT2D eigenvalue weighted by atomic mass is 16.6. The molecule has 2 aromatic heterocycles. The number of nitrogens with zero attached hydrogens (tertiary/aromatic N) is 8. The van der Waals surface area contributed by atoms with E-state index in [4.69, 9.17) is 0 Å². The van der Waals surface area contributed by atoms with Gasteiger partial charge in [0.05, 0.1) is 29.4 Å². The summed E-state index contributed by atoms with van der Waals surface area (Å²) in [7, 11) is 2.08. The number of likely N-dealkylation sites (N-methyl/N-ethyl adjacent to an activating group) is 1. The molecule has 0 atom stereocenters. The molecule has 0 amide bonds. The van der Waals surface area contributed by atoms with Gasteiger partial charge in [-0.2, -0.15) is 10.2 Å². The predicted molar refractivity (Wildman–Crippen MR) is 142 cm³/mol. The molecule has 2 aromatic carbocycles. The van der Waals surface area contributed by atoms with Crippen molar-refractivity contribution in [2.24, 2.45) is 10.3 Å². The number of pyridine rings is 1. The summed E-state index contributed by atoms with van der Waals surface area (Å²) in [6, 6.07) is 18.9. The van der Waals surface area contributed by atoms with Crippen molar-refractivity contribution in [3.8, 4) is 28.5 Å². The van der Waals surface area contributed by atoms with Gasteiger partial charge in [0.1, 0.15) is 11.6 Å². The number of nitro groups is 1. The van der Waals surface area contributed by atoms with Crippen molar-refractivity contribution in [2.75, 3.05) is 33.2 Å². The third kappa shape index (κ3) is 4.85. The van der Waals surface area contributed by atoms with Crippen LogP contribution < -0.4 is 5.56 Å². The maximum Gasteiger partial charge on any atom is 0.273 e. The first-order valence-electron chi connectivity index (χ1n) is 12.0. The number of non-ortho nitro benzene ring substituents is 1. The Morgan fingerprint density at radius 1 is 1.03 bits per heavy atom. The fourth-order valence-corrected chi connectivity index (χ4v) is 4.50. The number of fused-ring (bicyclic) bond motifs is 1. The summed E-state index contributed by atoms with van der Waals surface area (Å²) in [5, 5.41) is 32.1. The molecule has 0 saturated carbocycles. The molecule has 3 heterocycles. The Labute approximate surface area is 218 Å². The second kappa shape index (κ2) is 10.2. The molecule has 190 valence electrons. The Hall–Kier alpha value is -4.95. The van der Waals surface area contributed by atoms with Crippen LogP contribution in [0.4, 0.5) is 11.4 Å². The molecule has 5 rings (SSSR count). The van der Waals surface area contributed by atoms with E-state index in [1.165, 1.54) is 18.2 Å². The summed E-state index contributed by atoms with van der Waals surface area (Å²) >= 11 is 0.